The molecule has 0 aromatic heterocycles. The number of ether oxygens (including phenoxy) is 1. The Kier molecular flexibility index (Phi) is 3.78. The number of carbonyl (C=O) groups excluding carboxylic acids is 1. The minimum Gasteiger partial charge on any atom is -0.495 e. The van der Waals surface area contributed by atoms with E-state index in [0.29, 0.717) is 0 Å². The lowest BCUT2D eigenvalue weighted by molar-refractivity contribution is -0.127. The largest absolute Gasteiger partial charge is 0.495 e. The number of nitrogens with zero attached hydrogens (tertiary/aromatic N) is 1. The van der Waals surface area contributed by atoms with Gasteiger partial charge in [-0.05, 0) is 18.6 Å². The van der Waals surface area contributed by atoms with Crippen LogP contribution in [-0.2, 0) is 4.79 Å². The average Bonchev–Trinajstić information content (AvgIpc) is 2.84. The Morgan fingerprint density at radius 2 is 2.20 bits per heavy atom. The van der Waals surface area contributed by atoms with Crippen molar-refractivity contribution >= 4 is 11.6 Å². The molecule has 2 aliphatic heterocycles. The summed E-state index contributed by atoms with van der Waals surface area (Å²) in [5.41, 5.74) is 1.11. The fraction of sp³-hybridized carbons (Fsp3) is 0.533. The van der Waals surface area contributed by atoms with Gasteiger partial charge in [-0.1, -0.05) is 12.1 Å². The van der Waals surface area contributed by atoms with E-state index in [9.17, 15) is 4.79 Å². The van der Waals surface area contributed by atoms with Crippen molar-refractivity contribution in [2.75, 3.05) is 38.2 Å². The minimum absolute atomic E-state index is 0.162. The molecular weight excluding hydrogens is 254 g/mol. The summed E-state index contributed by atoms with van der Waals surface area (Å²) in [6, 6.07) is 8.28. The normalized spacial score (nSPS) is 22.4. The third-order valence-corrected chi connectivity index (χ3v) is 4.11. The molecule has 0 aliphatic carbocycles. The van der Waals surface area contributed by atoms with E-state index in [2.05, 4.69) is 21.6 Å². The number of benzene rings is 1. The number of anilines is 1. The minimum atomic E-state index is 0.162. The van der Waals surface area contributed by atoms with Gasteiger partial charge in [0.1, 0.15) is 5.75 Å². The quantitative estimate of drug-likeness (QED) is 0.845. The number of amides is 1. The van der Waals surface area contributed by atoms with E-state index in [-0.39, 0.29) is 17.9 Å². The zero-order valence-corrected chi connectivity index (χ0v) is 11.8. The van der Waals surface area contributed by atoms with Crippen LogP contribution in [0, 0.1) is 5.92 Å². The molecular formula is C15H21N3O2. The highest BCUT2D eigenvalue weighted by atomic mass is 16.5. The van der Waals surface area contributed by atoms with Gasteiger partial charge in [-0.15, -0.1) is 0 Å². The zero-order valence-electron chi connectivity index (χ0n) is 11.8. The van der Waals surface area contributed by atoms with Crippen molar-refractivity contribution in [2.24, 2.45) is 5.92 Å². The molecule has 5 nitrogen and oxygen atoms in total. The second-order valence-corrected chi connectivity index (χ2v) is 5.47. The van der Waals surface area contributed by atoms with Gasteiger partial charge >= 0.3 is 0 Å². The van der Waals surface area contributed by atoms with Crippen molar-refractivity contribution in [1.82, 2.24) is 10.6 Å². The monoisotopic (exact) mass is 275 g/mol. The molecule has 1 amide bonds. The molecule has 3 rings (SSSR count). The molecule has 0 saturated carbocycles. The molecule has 0 radical (unpaired) electrons. The van der Waals surface area contributed by atoms with Gasteiger partial charge in [0.15, 0.2) is 0 Å². The summed E-state index contributed by atoms with van der Waals surface area (Å²) >= 11 is 0. The Bertz CT molecular complexity index is 488. The molecule has 2 N–H and O–H groups in total. The van der Waals surface area contributed by atoms with Gasteiger partial charge in [-0.2, -0.15) is 0 Å². The number of hydrogen-bond acceptors (Lipinski definition) is 4. The van der Waals surface area contributed by atoms with Gasteiger partial charge in [-0.25, -0.2) is 0 Å². The lowest BCUT2D eigenvalue weighted by Gasteiger charge is -2.27. The zero-order chi connectivity index (χ0) is 13.9. The molecule has 2 heterocycles. The number of methoxy groups -OCH3 is 1. The Balaban J connectivity index is 1.60. The van der Waals surface area contributed by atoms with Crippen LogP contribution in [-0.4, -0.2) is 45.2 Å². The van der Waals surface area contributed by atoms with Crippen LogP contribution in [0.2, 0.25) is 0 Å². The maximum atomic E-state index is 12.0. The molecule has 5 heteroatoms. The molecule has 2 aliphatic rings. The molecule has 2 fully saturated rings. The summed E-state index contributed by atoms with van der Waals surface area (Å²) in [5.74, 6) is 1.24. The topological polar surface area (TPSA) is 53.6 Å². The van der Waals surface area contributed by atoms with Crippen LogP contribution in [0.4, 0.5) is 5.69 Å². The van der Waals surface area contributed by atoms with Crippen LogP contribution < -0.4 is 20.3 Å². The first-order valence-corrected chi connectivity index (χ1v) is 7.17. The van der Waals surface area contributed by atoms with E-state index in [1.54, 1.807) is 7.11 Å². The smallest absolute Gasteiger partial charge is 0.225 e. The number of hydrogen-bond donors (Lipinski definition) is 2. The number of rotatable bonds is 4. The highest BCUT2D eigenvalue weighted by molar-refractivity contribution is 5.80. The molecule has 20 heavy (non-hydrogen) atoms. The summed E-state index contributed by atoms with van der Waals surface area (Å²) in [5, 5.41) is 6.29. The predicted molar refractivity (Wildman–Crippen MR) is 78.1 cm³/mol. The number of para-hydroxylation sites is 2. The van der Waals surface area contributed by atoms with E-state index >= 15 is 0 Å². The Hall–Kier alpha value is -1.75. The van der Waals surface area contributed by atoms with Gasteiger partial charge in [0, 0.05) is 32.2 Å². The summed E-state index contributed by atoms with van der Waals surface area (Å²) < 4.78 is 5.40. The maximum absolute atomic E-state index is 12.0. The van der Waals surface area contributed by atoms with Crippen LogP contribution in [0.5, 0.6) is 5.75 Å². The summed E-state index contributed by atoms with van der Waals surface area (Å²) in [6.45, 7) is 3.43. The SMILES string of the molecule is COc1ccccc1N1CCC(NC(=O)C2CNC2)C1. The summed E-state index contributed by atoms with van der Waals surface area (Å²) in [6.07, 6.45) is 0.990. The van der Waals surface area contributed by atoms with Crippen molar-refractivity contribution in [3.8, 4) is 5.75 Å². The summed E-state index contributed by atoms with van der Waals surface area (Å²) in [7, 11) is 1.69. The standard InChI is InChI=1S/C15H21N3O2/c1-20-14-5-3-2-4-13(14)18-7-6-12(10-18)17-15(19)11-8-16-9-11/h2-5,11-12,16H,6-10H2,1H3,(H,17,19). The van der Waals surface area contributed by atoms with Crippen molar-refractivity contribution in [1.29, 1.82) is 0 Å². The first-order chi connectivity index (χ1) is 9.78. The van der Waals surface area contributed by atoms with Crippen LogP contribution in [0.1, 0.15) is 6.42 Å². The molecule has 0 spiro atoms. The van der Waals surface area contributed by atoms with E-state index in [4.69, 9.17) is 4.74 Å². The average molecular weight is 275 g/mol. The lowest BCUT2D eigenvalue weighted by Crippen LogP contribution is -2.53. The maximum Gasteiger partial charge on any atom is 0.225 e. The van der Waals surface area contributed by atoms with E-state index in [1.807, 2.05) is 18.2 Å². The van der Waals surface area contributed by atoms with E-state index < -0.39 is 0 Å². The van der Waals surface area contributed by atoms with Gasteiger partial charge in [-0.3, -0.25) is 4.79 Å². The van der Waals surface area contributed by atoms with Crippen molar-refractivity contribution in [3.05, 3.63) is 24.3 Å². The number of nitrogens with one attached hydrogen (secondary N) is 2. The lowest BCUT2D eigenvalue weighted by atomic mass is 10.0. The highest BCUT2D eigenvalue weighted by Gasteiger charge is 2.30. The first-order valence-electron chi connectivity index (χ1n) is 7.17. The van der Waals surface area contributed by atoms with Crippen molar-refractivity contribution in [3.63, 3.8) is 0 Å². The predicted octanol–water partition coefficient (Wildman–Crippen LogP) is 0.610. The van der Waals surface area contributed by atoms with E-state index in [0.717, 1.165) is 44.0 Å². The third kappa shape index (κ3) is 2.58. The first kappa shape index (κ1) is 13.2. The van der Waals surface area contributed by atoms with Gasteiger partial charge in [0.05, 0.1) is 18.7 Å². The van der Waals surface area contributed by atoms with Crippen molar-refractivity contribution in [2.45, 2.75) is 12.5 Å². The highest BCUT2D eigenvalue weighted by Crippen LogP contribution is 2.30. The second-order valence-electron chi connectivity index (χ2n) is 5.47. The van der Waals surface area contributed by atoms with Gasteiger partial charge in [0.2, 0.25) is 5.91 Å². The summed E-state index contributed by atoms with van der Waals surface area (Å²) in [4.78, 5) is 14.2. The Morgan fingerprint density at radius 3 is 2.90 bits per heavy atom. The molecule has 0 bridgehead atoms. The molecule has 1 aromatic rings. The Morgan fingerprint density at radius 1 is 1.40 bits per heavy atom. The number of carbonyl (C=O) groups is 1. The third-order valence-electron chi connectivity index (χ3n) is 4.11. The van der Waals surface area contributed by atoms with Crippen molar-refractivity contribution < 1.29 is 9.53 Å². The molecule has 2 saturated heterocycles. The van der Waals surface area contributed by atoms with Crippen LogP contribution in [0.3, 0.4) is 0 Å². The molecule has 108 valence electrons. The second kappa shape index (κ2) is 5.71. The molecule has 1 aromatic carbocycles. The fourth-order valence-corrected chi connectivity index (χ4v) is 2.78. The van der Waals surface area contributed by atoms with Crippen LogP contribution >= 0.6 is 0 Å². The van der Waals surface area contributed by atoms with Gasteiger partial charge < -0.3 is 20.3 Å². The van der Waals surface area contributed by atoms with Crippen LogP contribution in [0.15, 0.2) is 24.3 Å². The fourth-order valence-electron chi connectivity index (χ4n) is 2.78. The van der Waals surface area contributed by atoms with E-state index in [1.165, 1.54) is 0 Å². The van der Waals surface area contributed by atoms with Gasteiger partial charge in [0.25, 0.3) is 0 Å². The van der Waals surface area contributed by atoms with Crippen LogP contribution in [0.25, 0.3) is 0 Å². The molecule has 1 unspecified atom stereocenters. The Labute approximate surface area is 119 Å². The molecule has 1 atom stereocenters.